The monoisotopic (exact) mass is 359 g/mol. The summed E-state index contributed by atoms with van der Waals surface area (Å²) in [6, 6.07) is 13.9. The summed E-state index contributed by atoms with van der Waals surface area (Å²) in [4.78, 5) is 12.2. The van der Waals surface area contributed by atoms with Crippen molar-refractivity contribution in [1.29, 1.82) is 0 Å². The number of nitrogens with zero attached hydrogens (tertiary/aromatic N) is 3. The third kappa shape index (κ3) is 2.83. The van der Waals surface area contributed by atoms with Crippen LogP contribution in [0.15, 0.2) is 65.5 Å². The molecule has 1 aliphatic heterocycles. The van der Waals surface area contributed by atoms with E-state index >= 15 is 0 Å². The maximum absolute atomic E-state index is 12.2. The van der Waals surface area contributed by atoms with Gasteiger partial charge in [0.05, 0.1) is 12.8 Å². The Bertz CT molecular complexity index is 1080. The number of nitrogens with one attached hydrogen (secondary N) is 2. The summed E-state index contributed by atoms with van der Waals surface area (Å²) in [6.07, 6.45) is 5.70. The molecule has 5 rings (SSSR count). The van der Waals surface area contributed by atoms with Crippen molar-refractivity contribution < 1.29 is 9.21 Å². The summed E-state index contributed by atoms with van der Waals surface area (Å²) in [5, 5.41) is 14.4. The average Bonchev–Trinajstić information content (AvgIpc) is 3.42. The van der Waals surface area contributed by atoms with Crippen LogP contribution in [-0.2, 0) is 11.3 Å². The molecular formula is C20H17N5O2. The molecule has 27 heavy (non-hydrogen) atoms. The van der Waals surface area contributed by atoms with Crippen molar-refractivity contribution in [2.45, 2.75) is 18.9 Å². The Labute approximate surface area is 155 Å². The van der Waals surface area contributed by atoms with Gasteiger partial charge in [0.15, 0.2) is 11.6 Å². The number of fused-ring (bicyclic) bond motifs is 1. The summed E-state index contributed by atoms with van der Waals surface area (Å²) >= 11 is 0. The zero-order valence-electron chi connectivity index (χ0n) is 14.4. The molecule has 7 heteroatoms. The third-order valence-electron chi connectivity index (χ3n) is 4.82. The van der Waals surface area contributed by atoms with E-state index < -0.39 is 0 Å². The molecule has 1 atom stereocenters. The molecular weight excluding hydrogens is 342 g/mol. The fourth-order valence-corrected chi connectivity index (χ4v) is 3.64. The molecule has 1 aliphatic rings. The highest BCUT2D eigenvalue weighted by Gasteiger charge is 2.32. The molecule has 4 heterocycles. The van der Waals surface area contributed by atoms with E-state index in [0.717, 1.165) is 22.4 Å². The highest BCUT2D eigenvalue weighted by molar-refractivity contribution is 5.95. The summed E-state index contributed by atoms with van der Waals surface area (Å²) in [6.45, 7) is 0.684. The first-order chi connectivity index (χ1) is 13.3. The van der Waals surface area contributed by atoms with E-state index in [0.29, 0.717) is 24.5 Å². The van der Waals surface area contributed by atoms with E-state index in [4.69, 9.17) is 4.42 Å². The van der Waals surface area contributed by atoms with Crippen molar-refractivity contribution in [3.8, 4) is 11.5 Å². The first kappa shape index (κ1) is 15.6. The van der Waals surface area contributed by atoms with Crippen LogP contribution in [0.25, 0.3) is 11.5 Å². The molecule has 1 unspecified atom stereocenters. The summed E-state index contributed by atoms with van der Waals surface area (Å²) in [7, 11) is 0. The van der Waals surface area contributed by atoms with E-state index in [1.165, 1.54) is 0 Å². The summed E-state index contributed by atoms with van der Waals surface area (Å²) < 4.78 is 7.43. The van der Waals surface area contributed by atoms with Gasteiger partial charge in [-0.15, -0.1) is 0 Å². The molecule has 134 valence electrons. The van der Waals surface area contributed by atoms with Gasteiger partial charge in [-0.2, -0.15) is 10.2 Å². The van der Waals surface area contributed by atoms with E-state index in [9.17, 15) is 4.79 Å². The second-order valence-corrected chi connectivity index (χ2v) is 6.59. The Morgan fingerprint density at radius 3 is 3.00 bits per heavy atom. The van der Waals surface area contributed by atoms with Crippen molar-refractivity contribution in [1.82, 2.24) is 20.0 Å². The molecule has 3 aromatic heterocycles. The maximum atomic E-state index is 12.2. The number of H-pyrrole nitrogens is 1. The van der Waals surface area contributed by atoms with Gasteiger partial charge in [-0.05, 0) is 29.3 Å². The topological polar surface area (TPSA) is 88.7 Å². The zero-order chi connectivity index (χ0) is 18.2. The molecule has 0 aliphatic carbocycles. The van der Waals surface area contributed by atoms with Crippen molar-refractivity contribution in [2.75, 3.05) is 5.32 Å². The fourth-order valence-electron chi connectivity index (χ4n) is 3.64. The lowest BCUT2D eigenvalue weighted by molar-refractivity contribution is -0.116. The van der Waals surface area contributed by atoms with Crippen LogP contribution in [0.5, 0.6) is 0 Å². The van der Waals surface area contributed by atoms with Gasteiger partial charge in [0.25, 0.3) is 0 Å². The molecule has 0 radical (unpaired) electrons. The molecule has 1 aromatic carbocycles. The molecule has 2 N–H and O–H groups in total. The highest BCUT2D eigenvalue weighted by atomic mass is 16.3. The standard InChI is InChI=1S/C20H17N5O2/c26-17-11-15(14-5-1-4-13(10-14)12-25-8-3-7-21-25)18-19(16-6-2-9-27-16)23-24-20(18)22-17/h1-10,15H,11-12H2,(H2,22,23,24,26). The lowest BCUT2D eigenvalue weighted by atomic mass is 9.84. The Balaban J connectivity index is 1.56. The van der Waals surface area contributed by atoms with Crippen molar-refractivity contribution in [3.63, 3.8) is 0 Å². The summed E-state index contributed by atoms with van der Waals surface area (Å²) in [5.41, 5.74) is 3.97. The lowest BCUT2D eigenvalue weighted by Gasteiger charge is -2.23. The van der Waals surface area contributed by atoms with E-state index in [1.807, 2.05) is 35.1 Å². The Morgan fingerprint density at radius 2 is 2.19 bits per heavy atom. The van der Waals surface area contributed by atoms with Gasteiger partial charge in [0.1, 0.15) is 5.69 Å². The largest absolute Gasteiger partial charge is 0.463 e. The third-order valence-corrected chi connectivity index (χ3v) is 4.82. The Morgan fingerprint density at radius 1 is 1.22 bits per heavy atom. The van der Waals surface area contributed by atoms with Gasteiger partial charge in [0.2, 0.25) is 5.91 Å². The molecule has 0 spiro atoms. The second-order valence-electron chi connectivity index (χ2n) is 6.59. The number of furan rings is 1. The predicted octanol–water partition coefficient (Wildman–Crippen LogP) is 3.39. The van der Waals surface area contributed by atoms with Crippen LogP contribution >= 0.6 is 0 Å². The lowest BCUT2D eigenvalue weighted by Crippen LogP contribution is -2.23. The van der Waals surface area contributed by atoms with E-state index in [1.54, 1.807) is 12.5 Å². The Hall–Kier alpha value is -3.61. The van der Waals surface area contributed by atoms with Gasteiger partial charge in [0, 0.05) is 30.3 Å². The van der Waals surface area contributed by atoms with Crippen LogP contribution in [0.2, 0.25) is 0 Å². The molecule has 7 nitrogen and oxygen atoms in total. The minimum Gasteiger partial charge on any atom is -0.463 e. The van der Waals surface area contributed by atoms with Gasteiger partial charge >= 0.3 is 0 Å². The molecule has 0 saturated heterocycles. The Kier molecular flexibility index (Phi) is 3.64. The molecule has 4 aromatic rings. The van der Waals surface area contributed by atoms with Crippen LogP contribution in [0, 0.1) is 0 Å². The zero-order valence-corrected chi connectivity index (χ0v) is 14.4. The minimum absolute atomic E-state index is 0.0394. The van der Waals surface area contributed by atoms with E-state index in [-0.39, 0.29) is 11.8 Å². The first-order valence-corrected chi connectivity index (χ1v) is 8.76. The minimum atomic E-state index is -0.0924. The molecule has 1 amide bonds. The van der Waals surface area contributed by atoms with Crippen LogP contribution in [0.1, 0.15) is 29.0 Å². The smallest absolute Gasteiger partial charge is 0.226 e. The van der Waals surface area contributed by atoms with Crippen LogP contribution < -0.4 is 5.32 Å². The molecule has 0 bridgehead atoms. The number of rotatable bonds is 4. The average molecular weight is 359 g/mol. The quantitative estimate of drug-likeness (QED) is 0.584. The van der Waals surface area contributed by atoms with Crippen molar-refractivity contribution in [3.05, 3.63) is 77.8 Å². The van der Waals surface area contributed by atoms with Crippen LogP contribution in [-0.4, -0.2) is 25.9 Å². The summed E-state index contributed by atoms with van der Waals surface area (Å²) in [5.74, 6) is 1.14. The molecule has 0 fully saturated rings. The second kappa shape index (κ2) is 6.28. The number of anilines is 1. The van der Waals surface area contributed by atoms with E-state index in [2.05, 4.69) is 38.8 Å². The SMILES string of the molecule is O=C1CC(c2cccc(Cn3cccn3)c2)c2c(n[nH]c2-c2ccco2)N1. The van der Waals surface area contributed by atoms with Crippen LogP contribution in [0.3, 0.4) is 0 Å². The van der Waals surface area contributed by atoms with Crippen LogP contribution in [0.4, 0.5) is 5.82 Å². The number of benzene rings is 1. The number of hydrogen-bond donors (Lipinski definition) is 2. The normalized spacial score (nSPS) is 16.1. The number of carbonyl (C=O) groups excluding carboxylic acids is 1. The molecule has 0 saturated carbocycles. The first-order valence-electron chi connectivity index (χ1n) is 8.76. The number of amides is 1. The fraction of sp³-hybridized carbons (Fsp3) is 0.150. The van der Waals surface area contributed by atoms with Gasteiger partial charge in [-0.1, -0.05) is 24.3 Å². The number of aromatic amines is 1. The maximum Gasteiger partial charge on any atom is 0.226 e. The van der Waals surface area contributed by atoms with Gasteiger partial charge < -0.3 is 9.73 Å². The predicted molar refractivity (Wildman–Crippen MR) is 99.2 cm³/mol. The highest BCUT2D eigenvalue weighted by Crippen LogP contribution is 2.41. The number of aromatic nitrogens is 4. The van der Waals surface area contributed by atoms with Crippen molar-refractivity contribution in [2.24, 2.45) is 0 Å². The van der Waals surface area contributed by atoms with Crippen molar-refractivity contribution >= 4 is 11.7 Å². The van der Waals surface area contributed by atoms with Gasteiger partial charge in [-0.25, -0.2) is 0 Å². The number of hydrogen-bond acceptors (Lipinski definition) is 4. The number of carbonyl (C=O) groups is 1. The van der Waals surface area contributed by atoms with Gasteiger partial charge in [-0.3, -0.25) is 14.6 Å².